The number of esters is 1. The van der Waals surface area contributed by atoms with Crippen molar-refractivity contribution in [1.29, 1.82) is 0 Å². The Balaban J connectivity index is 1.89. The molecule has 22 heavy (non-hydrogen) atoms. The summed E-state index contributed by atoms with van der Waals surface area (Å²) in [6.45, 7) is 2.15. The third kappa shape index (κ3) is 4.92. The minimum atomic E-state index is -0.173. The highest BCUT2D eigenvalue weighted by atomic mass is 16.5. The van der Waals surface area contributed by atoms with Crippen molar-refractivity contribution in [3.8, 4) is 22.6 Å². The SMILES string of the molecule is CCCCCCC(=O)Oc1ccc(-c2ccc(O)cc2)cc1. The number of hydrogen-bond acceptors (Lipinski definition) is 3. The second-order valence-corrected chi connectivity index (χ2v) is 5.36. The van der Waals surface area contributed by atoms with E-state index in [1.165, 1.54) is 0 Å². The van der Waals surface area contributed by atoms with Crippen LogP contribution in [0.3, 0.4) is 0 Å². The molecule has 0 saturated heterocycles. The zero-order valence-electron chi connectivity index (χ0n) is 12.9. The van der Waals surface area contributed by atoms with Crippen LogP contribution in [0.2, 0.25) is 0 Å². The van der Waals surface area contributed by atoms with Gasteiger partial charge in [-0.25, -0.2) is 0 Å². The Labute approximate surface area is 131 Å². The molecule has 0 heterocycles. The molecule has 0 atom stereocenters. The number of aromatic hydroxyl groups is 1. The molecule has 116 valence electrons. The molecule has 0 amide bonds. The maximum Gasteiger partial charge on any atom is 0.311 e. The predicted octanol–water partition coefficient (Wildman–Crippen LogP) is 4.94. The Morgan fingerprint density at radius 1 is 0.909 bits per heavy atom. The summed E-state index contributed by atoms with van der Waals surface area (Å²) in [5, 5.41) is 9.29. The molecular weight excluding hydrogens is 276 g/mol. The van der Waals surface area contributed by atoms with Crippen molar-refractivity contribution < 1.29 is 14.6 Å². The van der Waals surface area contributed by atoms with Crippen LogP contribution in [0, 0.1) is 0 Å². The molecule has 2 aromatic rings. The molecule has 0 aliphatic carbocycles. The van der Waals surface area contributed by atoms with Crippen LogP contribution in [0.15, 0.2) is 48.5 Å². The van der Waals surface area contributed by atoms with Crippen LogP contribution in [-0.2, 0) is 4.79 Å². The lowest BCUT2D eigenvalue weighted by Gasteiger charge is -2.06. The number of benzene rings is 2. The van der Waals surface area contributed by atoms with E-state index in [2.05, 4.69) is 6.92 Å². The summed E-state index contributed by atoms with van der Waals surface area (Å²) in [6, 6.07) is 14.4. The molecule has 0 fully saturated rings. The van der Waals surface area contributed by atoms with E-state index in [4.69, 9.17) is 4.74 Å². The molecule has 3 nitrogen and oxygen atoms in total. The van der Waals surface area contributed by atoms with Gasteiger partial charge in [-0.3, -0.25) is 4.79 Å². The van der Waals surface area contributed by atoms with Crippen molar-refractivity contribution in [3.05, 3.63) is 48.5 Å². The van der Waals surface area contributed by atoms with Crippen LogP contribution in [-0.4, -0.2) is 11.1 Å². The van der Waals surface area contributed by atoms with Crippen molar-refractivity contribution in [2.75, 3.05) is 0 Å². The fourth-order valence-electron chi connectivity index (χ4n) is 2.25. The van der Waals surface area contributed by atoms with E-state index < -0.39 is 0 Å². The van der Waals surface area contributed by atoms with Gasteiger partial charge in [0.05, 0.1) is 0 Å². The Bertz CT molecular complexity index is 585. The molecular formula is C19H22O3. The van der Waals surface area contributed by atoms with Crippen LogP contribution in [0.4, 0.5) is 0 Å². The Morgan fingerprint density at radius 3 is 2.09 bits per heavy atom. The van der Waals surface area contributed by atoms with Crippen molar-refractivity contribution >= 4 is 5.97 Å². The molecule has 0 bridgehead atoms. The molecule has 0 spiro atoms. The number of ether oxygens (including phenoxy) is 1. The standard InChI is InChI=1S/C19H22O3/c1-2-3-4-5-6-19(21)22-18-13-9-16(10-14-18)15-7-11-17(20)12-8-15/h7-14,20H,2-6H2,1H3. The number of rotatable bonds is 7. The summed E-state index contributed by atoms with van der Waals surface area (Å²) in [6.07, 6.45) is 4.76. The number of phenolic OH excluding ortho intramolecular Hbond substituents is 1. The molecule has 2 aromatic carbocycles. The molecule has 0 aromatic heterocycles. The maximum absolute atomic E-state index is 11.7. The number of carbonyl (C=O) groups is 1. The minimum absolute atomic E-state index is 0.173. The first-order valence-electron chi connectivity index (χ1n) is 7.79. The lowest BCUT2D eigenvalue weighted by molar-refractivity contribution is -0.134. The van der Waals surface area contributed by atoms with Crippen molar-refractivity contribution in [1.82, 2.24) is 0 Å². The summed E-state index contributed by atoms with van der Waals surface area (Å²) < 4.78 is 5.33. The normalized spacial score (nSPS) is 10.4. The van der Waals surface area contributed by atoms with E-state index >= 15 is 0 Å². The molecule has 3 heteroatoms. The fourth-order valence-corrected chi connectivity index (χ4v) is 2.25. The van der Waals surface area contributed by atoms with Crippen LogP contribution < -0.4 is 4.74 Å². The number of carbonyl (C=O) groups excluding carboxylic acids is 1. The van der Waals surface area contributed by atoms with Gasteiger partial charge >= 0.3 is 5.97 Å². The Kier molecular flexibility index (Phi) is 6.01. The van der Waals surface area contributed by atoms with Gasteiger partial charge in [-0.1, -0.05) is 50.5 Å². The maximum atomic E-state index is 11.7. The summed E-state index contributed by atoms with van der Waals surface area (Å²) >= 11 is 0. The van der Waals surface area contributed by atoms with Gasteiger partial charge in [-0.2, -0.15) is 0 Å². The number of unbranched alkanes of at least 4 members (excludes halogenated alkanes) is 3. The van der Waals surface area contributed by atoms with Gasteiger partial charge in [0.1, 0.15) is 11.5 Å². The number of phenols is 1. The number of hydrogen-bond donors (Lipinski definition) is 1. The average molecular weight is 298 g/mol. The molecule has 0 saturated carbocycles. The summed E-state index contributed by atoms with van der Waals surface area (Å²) in [7, 11) is 0. The summed E-state index contributed by atoms with van der Waals surface area (Å²) in [5.41, 5.74) is 2.03. The first-order valence-corrected chi connectivity index (χ1v) is 7.79. The quantitative estimate of drug-likeness (QED) is 0.447. The molecule has 0 aliphatic heterocycles. The van der Waals surface area contributed by atoms with Crippen molar-refractivity contribution in [2.45, 2.75) is 39.0 Å². The van der Waals surface area contributed by atoms with Gasteiger partial charge in [-0.15, -0.1) is 0 Å². The second kappa shape index (κ2) is 8.23. The highest BCUT2D eigenvalue weighted by Crippen LogP contribution is 2.24. The Morgan fingerprint density at radius 2 is 1.50 bits per heavy atom. The summed E-state index contributed by atoms with van der Waals surface area (Å²) in [4.78, 5) is 11.7. The highest BCUT2D eigenvalue weighted by Gasteiger charge is 2.05. The zero-order chi connectivity index (χ0) is 15.8. The molecule has 0 radical (unpaired) electrons. The first-order chi connectivity index (χ1) is 10.7. The third-order valence-corrected chi connectivity index (χ3v) is 3.52. The van der Waals surface area contributed by atoms with Crippen LogP contribution in [0.5, 0.6) is 11.5 Å². The second-order valence-electron chi connectivity index (χ2n) is 5.36. The average Bonchev–Trinajstić information content (AvgIpc) is 2.53. The van der Waals surface area contributed by atoms with Crippen molar-refractivity contribution in [2.24, 2.45) is 0 Å². The zero-order valence-corrected chi connectivity index (χ0v) is 12.9. The van der Waals surface area contributed by atoms with Crippen LogP contribution in [0.1, 0.15) is 39.0 Å². The van der Waals surface area contributed by atoms with Gasteiger partial charge in [0.15, 0.2) is 0 Å². The largest absolute Gasteiger partial charge is 0.508 e. The van der Waals surface area contributed by atoms with E-state index in [1.807, 2.05) is 24.3 Å². The van der Waals surface area contributed by atoms with Crippen molar-refractivity contribution in [3.63, 3.8) is 0 Å². The third-order valence-electron chi connectivity index (χ3n) is 3.52. The predicted molar refractivity (Wildman–Crippen MR) is 87.9 cm³/mol. The van der Waals surface area contributed by atoms with E-state index in [9.17, 15) is 9.90 Å². The van der Waals surface area contributed by atoms with E-state index in [-0.39, 0.29) is 11.7 Å². The van der Waals surface area contributed by atoms with Gasteiger partial charge in [0.2, 0.25) is 0 Å². The molecule has 2 rings (SSSR count). The molecule has 0 unspecified atom stereocenters. The molecule has 1 N–H and O–H groups in total. The lowest BCUT2D eigenvalue weighted by Crippen LogP contribution is -2.07. The first kappa shape index (κ1) is 16.1. The van der Waals surface area contributed by atoms with Crippen LogP contribution >= 0.6 is 0 Å². The van der Waals surface area contributed by atoms with Gasteiger partial charge < -0.3 is 9.84 Å². The molecule has 0 aliphatic rings. The van der Waals surface area contributed by atoms with Crippen LogP contribution in [0.25, 0.3) is 11.1 Å². The van der Waals surface area contributed by atoms with Gasteiger partial charge in [-0.05, 0) is 41.8 Å². The fraction of sp³-hybridized carbons (Fsp3) is 0.316. The van der Waals surface area contributed by atoms with Gasteiger partial charge in [0.25, 0.3) is 0 Å². The topological polar surface area (TPSA) is 46.5 Å². The van der Waals surface area contributed by atoms with E-state index in [0.717, 1.165) is 36.8 Å². The Hall–Kier alpha value is -2.29. The van der Waals surface area contributed by atoms with Gasteiger partial charge in [0, 0.05) is 6.42 Å². The van der Waals surface area contributed by atoms with E-state index in [0.29, 0.717) is 12.2 Å². The summed E-state index contributed by atoms with van der Waals surface area (Å²) in [5.74, 6) is 0.647. The highest BCUT2D eigenvalue weighted by molar-refractivity contribution is 5.73. The smallest absolute Gasteiger partial charge is 0.311 e. The minimum Gasteiger partial charge on any atom is -0.508 e. The van der Waals surface area contributed by atoms with E-state index in [1.54, 1.807) is 24.3 Å². The lowest BCUT2D eigenvalue weighted by atomic mass is 10.1. The monoisotopic (exact) mass is 298 g/mol.